The summed E-state index contributed by atoms with van der Waals surface area (Å²) in [5, 5.41) is 3.55. The van der Waals surface area contributed by atoms with Crippen LogP contribution in [0.25, 0.3) is 0 Å². The summed E-state index contributed by atoms with van der Waals surface area (Å²) in [4.78, 5) is 13.8. The zero-order chi connectivity index (χ0) is 20.9. The molecule has 0 bridgehead atoms. The van der Waals surface area contributed by atoms with Crippen LogP contribution in [0.1, 0.15) is 55.9 Å². The van der Waals surface area contributed by atoms with E-state index in [9.17, 15) is 4.79 Å². The quantitative estimate of drug-likeness (QED) is 0.748. The maximum atomic E-state index is 11.5. The number of carbonyl (C=O) groups excluding carboxylic acids is 1. The molecule has 29 heavy (non-hydrogen) atoms. The highest BCUT2D eigenvalue weighted by Gasteiger charge is 2.23. The number of hydrogen-bond donors (Lipinski definition) is 2. The molecule has 2 aromatic carbocycles. The first-order valence-corrected chi connectivity index (χ1v) is 10.7. The van der Waals surface area contributed by atoms with Gasteiger partial charge in [-0.2, -0.15) is 0 Å². The maximum absolute atomic E-state index is 11.5. The molecule has 0 saturated carbocycles. The van der Waals surface area contributed by atoms with Gasteiger partial charge >= 0.3 is 0 Å². The minimum absolute atomic E-state index is 0.00160. The molecule has 0 aliphatic carbocycles. The van der Waals surface area contributed by atoms with Crippen molar-refractivity contribution in [2.75, 3.05) is 13.1 Å². The molecule has 1 unspecified atom stereocenters. The van der Waals surface area contributed by atoms with Gasteiger partial charge < -0.3 is 11.1 Å². The molecule has 1 heterocycles. The van der Waals surface area contributed by atoms with Crippen molar-refractivity contribution in [2.24, 2.45) is 11.7 Å². The number of rotatable bonds is 7. The predicted molar refractivity (Wildman–Crippen MR) is 119 cm³/mol. The predicted octanol–water partition coefficient (Wildman–Crippen LogP) is 3.97. The van der Waals surface area contributed by atoms with Crippen LogP contribution in [0.15, 0.2) is 48.5 Å². The molecule has 2 aromatic rings. The van der Waals surface area contributed by atoms with Crippen molar-refractivity contribution in [3.8, 4) is 0 Å². The van der Waals surface area contributed by atoms with Crippen LogP contribution in [0, 0.1) is 5.92 Å². The van der Waals surface area contributed by atoms with Gasteiger partial charge in [0.25, 0.3) is 0 Å². The lowest BCUT2D eigenvalue weighted by atomic mass is 9.87. The highest BCUT2D eigenvalue weighted by Crippen LogP contribution is 2.22. The van der Waals surface area contributed by atoms with Gasteiger partial charge in [-0.25, -0.2) is 0 Å². The first-order chi connectivity index (χ1) is 13.8. The van der Waals surface area contributed by atoms with E-state index in [0.29, 0.717) is 0 Å². The number of primary amides is 1. The van der Waals surface area contributed by atoms with E-state index in [1.807, 2.05) is 0 Å². The van der Waals surface area contributed by atoms with Crippen molar-refractivity contribution in [1.82, 2.24) is 10.2 Å². The van der Waals surface area contributed by atoms with E-state index < -0.39 is 0 Å². The average Bonchev–Trinajstić information content (AvgIpc) is 2.68. The summed E-state index contributed by atoms with van der Waals surface area (Å²) in [5.74, 6) is -0.165. The summed E-state index contributed by atoms with van der Waals surface area (Å²) < 4.78 is 0. The lowest BCUT2D eigenvalue weighted by Gasteiger charge is -2.31. The van der Waals surface area contributed by atoms with Crippen molar-refractivity contribution in [3.63, 3.8) is 0 Å². The molecule has 0 aromatic heterocycles. The van der Waals surface area contributed by atoms with Gasteiger partial charge in [-0.15, -0.1) is 0 Å². The molecule has 4 nitrogen and oxygen atoms in total. The summed E-state index contributed by atoms with van der Waals surface area (Å²) in [5.41, 5.74) is 11.0. The van der Waals surface area contributed by atoms with Crippen LogP contribution in [0.5, 0.6) is 0 Å². The zero-order valence-electron chi connectivity index (χ0n) is 18.1. The number of hydrogen-bond acceptors (Lipinski definition) is 3. The van der Waals surface area contributed by atoms with Crippen LogP contribution in [0.4, 0.5) is 0 Å². The van der Waals surface area contributed by atoms with E-state index in [0.717, 1.165) is 45.6 Å². The summed E-state index contributed by atoms with van der Waals surface area (Å²) in [7, 11) is 0. The fourth-order valence-electron chi connectivity index (χ4n) is 4.00. The molecule has 3 rings (SSSR count). The standard InChI is InChI=1S/C25H35N3O/c1-25(2,3)23-11-9-19(10-12-23)15-27-16-20-6-4-7-21(14-20)17-28-13-5-8-22(18-28)24(26)29/h4,6-7,9-12,14,22,27H,5,8,13,15-18H2,1-3H3,(H2,26,29). The first-order valence-electron chi connectivity index (χ1n) is 10.7. The number of nitrogens with one attached hydrogen (secondary N) is 1. The van der Waals surface area contributed by atoms with Gasteiger partial charge in [-0.05, 0) is 47.1 Å². The normalized spacial score (nSPS) is 18.0. The second kappa shape index (κ2) is 9.55. The van der Waals surface area contributed by atoms with Crippen molar-refractivity contribution in [1.29, 1.82) is 0 Å². The van der Waals surface area contributed by atoms with Gasteiger partial charge in [0.1, 0.15) is 0 Å². The fourth-order valence-corrected chi connectivity index (χ4v) is 4.00. The molecule has 4 heteroatoms. The molecule has 1 aliphatic heterocycles. The Kier molecular flexibility index (Phi) is 7.09. The van der Waals surface area contributed by atoms with E-state index in [-0.39, 0.29) is 17.2 Å². The zero-order valence-corrected chi connectivity index (χ0v) is 18.1. The summed E-state index contributed by atoms with van der Waals surface area (Å²) >= 11 is 0. The largest absolute Gasteiger partial charge is 0.369 e. The number of benzene rings is 2. The highest BCUT2D eigenvalue weighted by atomic mass is 16.1. The van der Waals surface area contributed by atoms with Crippen LogP contribution in [0.3, 0.4) is 0 Å². The Bertz CT molecular complexity index is 808. The van der Waals surface area contributed by atoms with Gasteiger partial charge in [0.05, 0.1) is 5.92 Å². The van der Waals surface area contributed by atoms with Crippen molar-refractivity contribution < 1.29 is 4.79 Å². The van der Waals surface area contributed by atoms with Crippen LogP contribution >= 0.6 is 0 Å². The van der Waals surface area contributed by atoms with E-state index in [4.69, 9.17) is 5.73 Å². The molecule has 1 atom stereocenters. The van der Waals surface area contributed by atoms with Gasteiger partial charge in [-0.1, -0.05) is 69.3 Å². The lowest BCUT2D eigenvalue weighted by Crippen LogP contribution is -2.40. The third kappa shape index (κ3) is 6.41. The Balaban J connectivity index is 1.50. The van der Waals surface area contributed by atoms with Crippen molar-refractivity contribution >= 4 is 5.91 Å². The van der Waals surface area contributed by atoms with E-state index >= 15 is 0 Å². The Morgan fingerprint density at radius 1 is 1.07 bits per heavy atom. The molecule has 1 amide bonds. The SMILES string of the molecule is CC(C)(C)c1ccc(CNCc2cccc(CN3CCCC(C(N)=O)C3)c2)cc1. The molecule has 3 N–H and O–H groups in total. The first kappa shape index (κ1) is 21.5. The summed E-state index contributed by atoms with van der Waals surface area (Å²) in [6, 6.07) is 17.6. The van der Waals surface area contributed by atoms with Crippen LogP contribution in [0.2, 0.25) is 0 Å². The molecule has 0 spiro atoms. The fraction of sp³-hybridized carbons (Fsp3) is 0.480. The van der Waals surface area contributed by atoms with E-state index in [2.05, 4.69) is 79.5 Å². The summed E-state index contributed by atoms with van der Waals surface area (Å²) in [6.45, 7) is 11.1. The number of likely N-dealkylation sites (tertiary alicyclic amines) is 1. The molecule has 1 aliphatic rings. The molecule has 0 radical (unpaired) electrons. The van der Waals surface area contributed by atoms with Crippen LogP contribution in [-0.2, 0) is 29.8 Å². The smallest absolute Gasteiger partial charge is 0.221 e. The van der Waals surface area contributed by atoms with E-state index in [1.165, 1.54) is 22.3 Å². The number of nitrogens with zero attached hydrogens (tertiary/aromatic N) is 1. The Hall–Kier alpha value is -2.17. The van der Waals surface area contributed by atoms with Crippen LogP contribution < -0.4 is 11.1 Å². The Labute approximate surface area is 175 Å². The van der Waals surface area contributed by atoms with Gasteiger partial charge in [0.2, 0.25) is 5.91 Å². The third-order valence-electron chi connectivity index (χ3n) is 5.78. The summed E-state index contributed by atoms with van der Waals surface area (Å²) in [6.07, 6.45) is 1.97. The second-order valence-electron chi connectivity index (χ2n) is 9.35. The number of nitrogens with two attached hydrogens (primary N) is 1. The topological polar surface area (TPSA) is 58.4 Å². The molecular weight excluding hydrogens is 358 g/mol. The Morgan fingerprint density at radius 3 is 2.45 bits per heavy atom. The molecule has 1 fully saturated rings. The van der Waals surface area contributed by atoms with Crippen molar-refractivity contribution in [3.05, 3.63) is 70.8 Å². The van der Waals surface area contributed by atoms with Gasteiger partial charge in [0, 0.05) is 26.2 Å². The second-order valence-corrected chi connectivity index (χ2v) is 9.35. The minimum atomic E-state index is -0.164. The van der Waals surface area contributed by atoms with Crippen LogP contribution in [-0.4, -0.2) is 23.9 Å². The van der Waals surface area contributed by atoms with E-state index in [1.54, 1.807) is 0 Å². The minimum Gasteiger partial charge on any atom is -0.369 e. The van der Waals surface area contributed by atoms with Crippen molar-refractivity contribution in [2.45, 2.75) is 58.7 Å². The third-order valence-corrected chi connectivity index (χ3v) is 5.78. The lowest BCUT2D eigenvalue weighted by molar-refractivity contribution is -0.123. The van der Waals surface area contributed by atoms with Gasteiger partial charge in [0.15, 0.2) is 0 Å². The number of carbonyl (C=O) groups is 1. The maximum Gasteiger partial charge on any atom is 0.221 e. The molecule has 156 valence electrons. The number of piperidine rings is 1. The monoisotopic (exact) mass is 393 g/mol. The number of amides is 1. The highest BCUT2D eigenvalue weighted by molar-refractivity contribution is 5.76. The Morgan fingerprint density at radius 2 is 1.76 bits per heavy atom. The average molecular weight is 394 g/mol. The molecular formula is C25H35N3O. The molecule has 1 saturated heterocycles. The van der Waals surface area contributed by atoms with Gasteiger partial charge in [-0.3, -0.25) is 9.69 Å².